The highest BCUT2D eigenvalue weighted by molar-refractivity contribution is 5.58. The van der Waals surface area contributed by atoms with Crippen molar-refractivity contribution < 1.29 is 31.4 Å². The monoisotopic (exact) mass is 397 g/mol. The summed E-state index contributed by atoms with van der Waals surface area (Å²) in [4.78, 5) is 7.58. The molecule has 0 unspecified atom stereocenters. The number of alkyl halides is 3. The zero-order chi connectivity index (χ0) is 20.5. The van der Waals surface area contributed by atoms with Crippen LogP contribution < -0.4 is 15.2 Å². The van der Waals surface area contributed by atoms with Gasteiger partial charge in [0.1, 0.15) is 29.5 Å². The maximum atomic E-state index is 13.4. The average Bonchev–Trinajstić information content (AvgIpc) is 2.62. The van der Waals surface area contributed by atoms with Gasteiger partial charge in [-0.1, -0.05) is 0 Å². The summed E-state index contributed by atoms with van der Waals surface area (Å²) in [5, 5.41) is 0. The Morgan fingerprint density at radius 1 is 0.857 bits per heavy atom. The molecule has 0 radical (unpaired) electrons. The van der Waals surface area contributed by atoms with Crippen LogP contribution >= 0.6 is 0 Å². The predicted molar refractivity (Wildman–Crippen MR) is 89.1 cm³/mol. The molecule has 0 fully saturated rings. The fraction of sp³-hybridized carbons (Fsp3) is 0.111. The van der Waals surface area contributed by atoms with E-state index < -0.39 is 23.4 Å². The molecule has 10 heteroatoms. The fourth-order valence-electron chi connectivity index (χ4n) is 2.22. The second kappa shape index (κ2) is 7.29. The van der Waals surface area contributed by atoms with Crippen LogP contribution in [0, 0.1) is 18.6 Å². The van der Waals surface area contributed by atoms with Crippen molar-refractivity contribution in [1.82, 2.24) is 9.97 Å². The number of nitrogens with zero attached hydrogens (tertiary/aromatic N) is 2. The number of rotatable bonds is 4. The van der Waals surface area contributed by atoms with Gasteiger partial charge >= 0.3 is 6.18 Å². The van der Waals surface area contributed by atoms with Crippen molar-refractivity contribution in [3.63, 3.8) is 0 Å². The first-order valence-electron chi connectivity index (χ1n) is 7.74. The van der Waals surface area contributed by atoms with Gasteiger partial charge in [0.05, 0.1) is 5.56 Å². The van der Waals surface area contributed by atoms with Gasteiger partial charge in [-0.05, 0) is 48.9 Å². The van der Waals surface area contributed by atoms with Crippen LogP contribution in [0.5, 0.6) is 23.3 Å². The first-order chi connectivity index (χ1) is 13.1. The van der Waals surface area contributed by atoms with Gasteiger partial charge in [-0.2, -0.15) is 23.1 Å². The minimum absolute atomic E-state index is 0.144. The highest BCUT2D eigenvalue weighted by atomic mass is 19.4. The van der Waals surface area contributed by atoms with Crippen LogP contribution in [0.25, 0.3) is 0 Å². The lowest BCUT2D eigenvalue weighted by atomic mass is 10.2. The van der Waals surface area contributed by atoms with E-state index in [0.717, 1.165) is 12.4 Å². The molecule has 0 bridgehead atoms. The van der Waals surface area contributed by atoms with E-state index in [9.17, 15) is 22.0 Å². The second-order valence-electron chi connectivity index (χ2n) is 5.65. The van der Waals surface area contributed by atoms with Gasteiger partial charge in [0.15, 0.2) is 5.69 Å². The van der Waals surface area contributed by atoms with Gasteiger partial charge in [-0.3, -0.25) is 0 Å². The number of aryl methyl sites for hydroxylation is 1. The van der Waals surface area contributed by atoms with Gasteiger partial charge in [-0.25, -0.2) is 8.78 Å². The third kappa shape index (κ3) is 4.11. The van der Waals surface area contributed by atoms with E-state index in [2.05, 4.69) is 9.97 Å². The lowest BCUT2D eigenvalue weighted by molar-refractivity contribution is -0.140. The summed E-state index contributed by atoms with van der Waals surface area (Å²) in [5.41, 5.74) is 4.49. The summed E-state index contributed by atoms with van der Waals surface area (Å²) in [6.07, 6.45) is -3.87. The van der Waals surface area contributed by atoms with E-state index >= 15 is 0 Å². The zero-order valence-corrected chi connectivity index (χ0v) is 14.2. The molecule has 3 aromatic rings. The number of nitrogens with two attached hydrogens (primary N) is 1. The summed E-state index contributed by atoms with van der Waals surface area (Å²) in [5.74, 6) is -2.40. The zero-order valence-electron chi connectivity index (χ0n) is 14.2. The van der Waals surface area contributed by atoms with E-state index in [1.54, 1.807) is 0 Å². The number of hydrogen-bond donors (Lipinski definition) is 1. The van der Waals surface area contributed by atoms with Crippen molar-refractivity contribution in [1.29, 1.82) is 0 Å². The van der Waals surface area contributed by atoms with Crippen molar-refractivity contribution >= 4 is 5.69 Å². The van der Waals surface area contributed by atoms with Crippen LogP contribution in [0.2, 0.25) is 0 Å². The molecule has 2 aromatic carbocycles. The smallest absolute Gasteiger partial charge is 0.419 e. The number of anilines is 1. The summed E-state index contributed by atoms with van der Waals surface area (Å²) in [6, 6.07) is 6.05. The molecule has 0 aliphatic heterocycles. The molecule has 0 amide bonds. The molecule has 0 aliphatic carbocycles. The van der Waals surface area contributed by atoms with Gasteiger partial charge < -0.3 is 15.2 Å². The molecule has 5 nitrogen and oxygen atoms in total. The van der Waals surface area contributed by atoms with Crippen LogP contribution in [-0.2, 0) is 6.18 Å². The quantitative estimate of drug-likeness (QED) is 0.609. The number of benzene rings is 2. The van der Waals surface area contributed by atoms with Crippen LogP contribution in [0.4, 0.5) is 27.6 Å². The summed E-state index contributed by atoms with van der Waals surface area (Å²) in [6.45, 7) is 1.53. The van der Waals surface area contributed by atoms with Gasteiger partial charge in [0, 0.05) is 0 Å². The van der Waals surface area contributed by atoms with Crippen molar-refractivity contribution in [2.75, 3.05) is 5.73 Å². The molecule has 1 heterocycles. The number of hydrogen-bond acceptors (Lipinski definition) is 5. The van der Waals surface area contributed by atoms with Crippen LogP contribution in [0.1, 0.15) is 11.1 Å². The molecule has 28 heavy (non-hydrogen) atoms. The van der Waals surface area contributed by atoms with Crippen LogP contribution in [-0.4, -0.2) is 9.97 Å². The van der Waals surface area contributed by atoms with Crippen LogP contribution in [0.3, 0.4) is 0 Å². The van der Waals surface area contributed by atoms with Gasteiger partial charge in [-0.15, -0.1) is 0 Å². The lowest BCUT2D eigenvalue weighted by Crippen LogP contribution is -2.08. The standard InChI is InChI=1S/C18H12F5N3O2/c1-9-6-10(2-4-13(9)19)27-16-15(24)17(26-8-25-16)28-11-3-5-14(20)12(7-11)18(21,22)23/h2-8H,24H2,1H3. The molecule has 0 spiro atoms. The van der Waals surface area contributed by atoms with E-state index in [-0.39, 0.29) is 28.9 Å². The molecular weight excluding hydrogens is 385 g/mol. The van der Waals surface area contributed by atoms with E-state index in [1.807, 2.05) is 0 Å². The van der Waals surface area contributed by atoms with Crippen molar-refractivity contribution in [3.8, 4) is 23.3 Å². The first-order valence-corrected chi connectivity index (χ1v) is 7.74. The molecular formula is C18H12F5N3O2. The normalized spacial score (nSPS) is 11.4. The third-order valence-corrected chi connectivity index (χ3v) is 3.61. The molecule has 146 valence electrons. The lowest BCUT2D eigenvalue weighted by Gasteiger charge is -2.13. The molecule has 0 saturated heterocycles. The average molecular weight is 397 g/mol. The number of nitrogen functional groups attached to an aromatic ring is 1. The van der Waals surface area contributed by atoms with E-state index in [4.69, 9.17) is 15.2 Å². The topological polar surface area (TPSA) is 70.3 Å². The largest absolute Gasteiger partial charge is 0.437 e. The van der Waals surface area contributed by atoms with Crippen molar-refractivity contribution in [2.45, 2.75) is 13.1 Å². The van der Waals surface area contributed by atoms with Gasteiger partial charge in [0.25, 0.3) is 0 Å². The van der Waals surface area contributed by atoms with Crippen molar-refractivity contribution in [2.24, 2.45) is 0 Å². The number of aromatic nitrogens is 2. The van der Waals surface area contributed by atoms with E-state index in [0.29, 0.717) is 17.7 Å². The summed E-state index contributed by atoms with van der Waals surface area (Å²) < 4.78 is 75.9. The SMILES string of the molecule is Cc1cc(Oc2ncnc(Oc3ccc(F)c(C(F)(F)F)c3)c2N)ccc1F. The second-order valence-corrected chi connectivity index (χ2v) is 5.65. The van der Waals surface area contributed by atoms with E-state index in [1.165, 1.54) is 25.1 Å². The minimum Gasteiger partial charge on any atom is -0.437 e. The Morgan fingerprint density at radius 2 is 1.39 bits per heavy atom. The minimum atomic E-state index is -4.89. The fourth-order valence-corrected chi connectivity index (χ4v) is 2.22. The Kier molecular flexibility index (Phi) is 5.04. The predicted octanol–water partition coefficient (Wildman–Crippen LogP) is 5.25. The Labute approximate surface area is 155 Å². The Hall–Kier alpha value is -3.43. The highest BCUT2D eigenvalue weighted by Crippen LogP contribution is 2.37. The van der Waals surface area contributed by atoms with Crippen LogP contribution in [0.15, 0.2) is 42.7 Å². The Morgan fingerprint density at radius 3 is 1.93 bits per heavy atom. The van der Waals surface area contributed by atoms with Gasteiger partial charge in [0.2, 0.25) is 11.8 Å². The maximum absolute atomic E-state index is 13.4. The Balaban J connectivity index is 1.88. The number of halogens is 5. The third-order valence-electron chi connectivity index (χ3n) is 3.61. The molecule has 2 N–H and O–H groups in total. The maximum Gasteiger partial charge on any atom is 0.419 e. The molecule has 3 rings (SSSR count). The first kappa shape index (κ1) is 19.3. The molecule has 0 atom stereocenters. The molecule has 0 saturated carbocycles. The Bertz CT molecular complexity index is 1020. The molecule has 0 aliphatic rings. The molecule has 1 aromatic heterocycles. The number of ether oxygens (including phenoxy) is 2. The summed E-state index contributed by atoms with van der Waals surface area (Å²) >= 11 is 0. The summed E-state index contributed by atoms with van der Waals surface area (Å²) in [7, 11) is 0. The van der Waals surface area contributed by atoms with Crippen molar-refractivity contribution in [3.05, 3.63) is 65.5 Å². The highest BCUT2D eigenvalue weighted by Gasteiger charge is 2.34.